The highest BCUT2D eigenvalue weighted by Crippen LogP contribution is 2.30. The van der Waals surface area contributed by atoms with Gasteiger partial charge in [0.05, 0.1) is 0 Å². The molecule has 106 valence electrons. The fourth-order valence-corrected chi connectivity index (χ4v) is 3.61. The Hall–Kier alpha value is -0.240. The van der Waals surface area contributed by atoms with Crippen LogP contribution >= 0.6 is 23.2 Å². The van der Waals surface area contributed by atoms with Gasteiger partial charge in [-0.2, -0.15) is 0 Å². The van der Waals surface area contributed by atoms with Gasteiger partial charge >= 0.3 is 0 Å². The first kappa shape index (κ1) is 15.2. The van der Waals surface area contributed by atoms with Gasteiger partial charge < -0.3 is 5.32 Å². The molecule has 2 rings (SSSR count). The Kier molecular flexibility index (Phi) is 6.00. The molecule has 1 unspecified atom stereocenters. The third kappa shape index (κ3) is 4.37. The standard InChI is InChI=1S/C16H23Cl2N/c1-19-13(10-9-12-5-2-3-6-12)11-14-15(17)7-4-8-16(14)18/h4,7-8,12-13,19H,2-3,5-6,9-11H2,1H3. The van der Waals surface area contributed by atoms with E-state index in [-0.39, 0.29) is 0 Å². The highest BCUT2D eigenvalue weighted by molar-refractivity contribution is 6.35. The van der Waals surface area contributed by atoms with Crippen molar-refractivity contribution in [1.82, 2.24) is 5.32 Å². The minimum atomic E-state index is 0.470. The Morgan fingerprint density at radius 3 is 2.42 bits per heavy atom. The molecule has 3 heteroatoms. The van der Waals surface area contributed by atoms with Crippen molar-refractivity contribution in [1.29, 1.82) is 0 Å². The molecule has 0 heterocycles. The lowest BCUT2D eigenvalue weighted by molar-refractivity contribution is 0.418. The molecule has 0 aliphatic heterocycles. The number of rotatable bonds is 6. The lowest BCUT2D eigenvalue weighted by Crippen LogP contribution is -2.28. The SMILES string of the molecule is CNC(CCC1CCCC1)Cc1c(Cl)cccc1Cl. The highest BCUT2D eigenvalue weighted by atomic mass is 35.5. The number of halogens is 2. The minimum absolute atomic E-state index is 0.470. The topological polar surface area (TPSA) is 12.0 Å². The Bertz CT molecular complexity index is 379. The first-order valence-electron chi connectivity index (χ1n) is 7.31. The third-order valence-electron chi connectivity index (χ3n) is 4.32. The quantitative estimate of drug-likeness (QED) is 0.771. The third-order valence-corrected chi connectivity index (χ3v) is 5.03. The van der Waals surface area contributed by atoms with E-state index in [2.05, 4.69) is 5.32 Å². The second-order valence-corrected chi connectivity index (χ2v) is 6.43. The van der Waals surface area contributed by atoms with E-state index in [1.54, 1.807) is 0 Å². The van der Waals surface area contributed by atoms with E-state index < -0.39 is 0 Å². The fourth-order valence-electron chi connectivity index (χ4n) is 3.06. The van der Waals surface area contributed by atoms with Crippen LogP contribution in [0.2, 0.25) is 10.0 Å². The molecule has 0 saturated heterocycles. The normalized spacial score (nSPS) is 17.8. The Labute approximate surface area is 126 Å². The predicted molar refractivity (Wildman–Crippen MR) is 84.2 cm³/mol. The molecule has 1 saturated carbocycles. The Balaban J connectivity index is 1.90. The van der Waals surface area contributed by atoms with Crippen molar-refractivity contribution in [2.24, 2.45) is 5.92 Å². The van der Waals surface area contributed by atoms with Gasteiger partial charge in [-0.25, -0.2) is 0 Å². The largest absolute Gasteiger partial charge is 0.317 e. The lowest BCUT2D eigenvalue weighted by atomic mass is 9.95. The summed E-state index contributed by atoms with van der Waals surface area (Å²) in [5.41, 5.74) is 1.08. The maximum atomic E-state index is 6.25. The van der Waals surface area contributed by atoms with Crippen LogP contribution < -0.4 is 5.32 Å². The summed E-state index contributed by atoms with van der Waals surface area (Å²) in [5.74, 6) is 0.942. The summed E-state index contributed by atoms with van der Waals surface area (Å²) < 4.78 is 0. The van der Waals surface area contributed by atoms with Crippen LogP contribution in [0.5, 0.6) is 0 Å². The molecule has 0 amide bonds. The van der Waals surface area contributed by atoms with Gasteiger partial charge in [0.2, 0.25) is 0 Å². The smallest absolute Gasteiger partial charge is 0.0453 e. The highest BCUT2D eigenvalue weighted by Gasteiger charge is 2.18. The van der Waals surface area contributed by atoms with Crippen LogP contribution in [0.3, 0.4) is 0 Å². The van der Waals surface area contributed by atoms with Crippen molar-refractivity contribution in [3.05, 3.63) is 33.8 Å². The summed E-state index contributed by atoms with van der Waals surface area (Å²) in [5, 5.41) is 4.98. The molecule has 0 aromatic heterocycles. The molecule has 1 aromatic rings. The zero-order valence-corrected chi connectivity index (χ0v) is 13.1. The first-order valence-corrected chi connectivity index (χ1v) is 8.06. The molecule has 1 aromatic carbocycles. The van der Waals surface area contributed by atoms with Crippen LogP contribution in [0.4, 0.5) is 0 Å². The molecule has 1 nitrogen and oxygen atoms in total. The molecule has 1 aliphatic rings. The van der Waals surface area contributed by atoms with Gasteiger partial charge in [0.1, 0.15) is 0 Å². The first-order chi connectivity index (χ1) is 9.20. The van der Waals surface area contributed by atoms with Crippen LogP contribution in [0.15, 0.2) is 18.2 Å². The van der Waals surface area contributed by atoms with E-state index >= 15 is 0 Å². The van der Waals surface area contributed by atoms with Gasteiger partial charge in [-0.05, 0) is 49.9 Å². The molecular formula is C16H23Cl2N. The van der Waals surface area contributed by atoms with Crippen molar-refractivity contribution in [2.75, 3.05) is 7.05 Å². The van der Waals surface area contributed by atoms with Gasteiger partial charge in [-0.15, -0.1) is 0 Å². The van der Waals surface area contributed by atoms with E-state index in [4.69, 9.17) is 23.2 Å². The van der Waals surface area contributed by atoms with Crippen LogP contribution in [0.25, 0.3) is 0 Å². The average Bonchev–Trinajstić information content (AvgIpc) is 2.91. The van der Waals surface area contributed by atoms with Crippen molar-refractivity contribution >= 4 is 23.2 Å². The summed E-state index contributed by atoms with van der Waals surface area (Å²) in [7, 11) is 2.03. The molecule has 19 heavy (non-hydrogen) atoms. The maximum absolute atomic E-state index is 6.25. The van der Waals surface area contributed by atoms with E-state index in [1.807, 2.05) is 25.2 Å². The predicted octanol–water partition coefficient (Wildman–Crippen LogP) is 5.09. The summed E-state index contributed by atoms with van der Waals surface area (Å²) in [6.45, 7) is 0. The van der Waals surface area contributed by atoms with E-state index in [1.165, 1.54) is 38.5 Å². The van der Waals surface area contributed by atoms with E-state index in [9.17, 15) is 0 Å². The van der Waals surface area contributed by atoms with Crippen LogP contribution in [-0.2, 0) is 6.42 Å². The molecule has 1 N–H and O–H groups in total. The number of likely N-dealkylation sites (N-methyl/N-ethyl adjacent to an activating group) is 1. The van der Waals surface area contributed by atoms with Crippen molar-refractivity contribution in [2.45, 2.75) is 51.0 Å². The number of hydrogen-bond donors (Lipinski definition) is 1. The molecule has 0 spiro atoms. The van der Waals surface area contributed by atoms with Gasteiger partial charge in [0.15, 0.2) is 0 Å². The summed E-state index contributed by atoms with van der Waals surface area (Å²) in [6.07, 6.45) is 9.14. The van der Waals surface area contributed by atoms with Gasteiger partial charge in [-0.3, -0.25) is 0 Å². The molecule has 1 atom stereocenters. The summed E-state index contributed by atoms with van der Waals surface area (Å²) in [4.78, 5) is 0. The Morgan fingerprint density at radius 2 is 1.84 bits per heavy atom. The van der Waals surface area contributed by atoms with E-state index in [0.29, 0.717) is 6.04 Å². The van der Waals surface area contributed by atoms with Gasteiger partial charge in [0.25, 0.3) is 0 Å². The second-order valence-electron chi connectivity index (χ2n) is 5.62. The molecular weight excluding hydrogens is 277 g/mol. The monoisotopic (exact) mass is 299 g/mol. The van der Waals surface area contributed by atoms with Crippen LogP contribution in [-0.4, -0.2) is 13.1 Å². The van der Waals surface area contributed by atoms with Crippen molar-refractivity contribution < 1.29 is 0 Å². The molecule has 1 aliphatic carbocycles. The van der Waals surface area contributed by atoms with Gasteiger partial charge in [0, 0.05) is 16.1 Å². The summed E-state index contributed by atoms with van der Waals surface area (Å²) in [6, 6.07) is 6.22. The minimum Gasteiger partial charge on any atom is -0.317 e. The van der Waals surface area contributed by atoms with Crippen molar-refractivity contribution in [3.63, 3.8) is 0 Å². The molecule has 0 radical (unpaired) electrons. The van der Waals surface area contributed by atoms with Gasteiger partial charge in [-0.1, -0.05) is 55.0 Å². The maximum Gasteiger partial charge on any atom is 0.0453 e. The average molecular weight is 300 g/mol. The summed E-state index contributed by atoms with van der Waals surface area (Å²) >= 11 is 12.5. The molecule has 1 fully saturated rings. The van der Waals surface area contributed by atoms with Crippen LogP contribution in [0.1, 0.15) is 44.1 Å². The molecule has 0 bridgehead atoms. The van der Waals surface area contributed by atoms with Crippen molar-refractivity contribution in [3.8, 4) is 0 Å². The lowest BCUT2D eigenvalue weighted by Gasteiger charge is -2.19. The number of nitrogens with one attached hydrogen (secondary N) is 1. The number of hydrogen-bond acceptors (Lipinski definition) is 1. The Morgan fingerprint density at radius 1 is 1.21 bits per heavy atom. The second kappa shape index (κ2) is 7.52. The zero-order chi connectivity index (χ0) is 13.7. The fraction of sp³-hybridized carbons (Fsp3) is 0.625. The van der Waals surface area contributed by atoms with E-state index in [0.717, 1.165) is 27.9 Å². The zero-order valence-electron chi connectivity index (χ0n) is 11.6. The number of benzene rings is 1. The van der Waals surface area contributed by atoms with Crippen LogP contribution in [0, 0.1) is 5.92 Å².